The summed E-state index contributed by atoms with van der Waals surface area (Å²) in [6.45, 7) is 2.65. The summed E-state index contributed by atoms with van der Waals surface area (Å²) in [5.74, 6) is -5.33. The molecule has 34 heavy (non-hydrogen) atoms. The Kier molecular flexibility index (Phi) is 9.10. The summed E-state index contributed by atoms with van der Waals surface area (Å²) < 4.78 is 72.3. The molecule has 0 saturated carbocycles. The van der Waals surface area contributed by atoms with Crippen molar-refractivity contribution in [1.82, 2.24) is 0 Å². The summed E-state index contributed by atoms with van der Waals surface area (Å²) in [5.41, 5.74) is 0.132. The molecule has 1 atom stereocenters. The number of ether oxygens (including phenoxy) is 3. The average molecular weight is 499 g/mol. The number of hydrogen-bond donors (Lipinski definition) is 1. The van der Waals surface area contributed by atoms with Gasteiger partial charge in [-0.3, -0.25) is 4.18 Å². The number of carbonyl (C=O) groups excluding carboxylic acids is 2. The first-order chi connectivity index (χ1) is 16.0. The van der Waals surface area contributed by atoms with Crippen LogP contribution >= 0.6 is 0 Å². The van der Waals surface area contributed by atoms with Gasteiger partial charge in [-0.25, -0.2) is 14.0 Å². The van der Waals surface area contributed by atoms with Crippen LogP contribution in [0.4, 0.5) is 14.5 Å². The van der Waals surface area contributed by atoms with Crippen LogP contribution in [-0.2, 0) is 33.4 Å². The average Bonchev–Trinajstić information content (AvgIpc) is 2.81. The minimum atomic E-state index is -4.11. The smallest absolute Gasteiger partial charge is 0.346 e. The Balaban J connectivity index is 2.22. The predicted molar refractivity (Wildman–Crippen MR) is 117 cm³/mol. The maximum absolute atomic E-state index is 14.5. The monoisotopic (exact) mass is 499 g/mol. The van der Waals surface area contributed by atoms with Gasteiger partial charge in [-0.1, -0.05) is 17.7 Å². The van der Waals surface area contributed by atoms with Gasteiger partial charge in [0.1, 0.15) is 12.7 Å². The van der Waals surface area contributed by atoms with Gasteiger partial charge in [0.25, 0.3) is 10.1 Å². The molecule has 1 unspecified atom stereocenters. The lowest BCUT2D eigenvalue weighted by Crippen LogP contribution is -2.23. The Morgan fingerprint density at radius 2 is 1.62 bits per heavy atom. The van der Waals surface area contributed by atoms with E-state index >= 15 is 0 Å². The molecule has 0 aliphatic heterocycles. The summed E-state index contributed by atoms with van der Waals surface area (Å²) in [5, 5.41) is 2.47. The van der Waals surface area contributed by atoms with Gasteiger partial charge in [-0.05, 0) is 38.1 Å². The first kappa shape index (κ1) is 26.7. The minimum absolute atomic E-state index is 0.0760. The van der Waals surface area contributed by atoms with Gasteiger partial charge >= 0.3 is 11.9 Å². The third-order valence-electron chi connectivity index (χ3n) is 4.32. The molecular weight excluding hydrogens is 476 g/mol. The zero-order valence-electron chi connectivity index (χ0n) is 18.8. The lowest BCUT2D eigenvalue weighted by atomic mass is 10.2. The third kappa shape index (κ3) is 6.75. The van der Waals surface area contributed by atoms with Crippen LogP contribution < -0.4 is 10.1 Å². The normalized spacial score (nSPS) is 11.8. The van der Waals surface area contributed by atoms with Crippen LogP contribution in [0.1, 0.15) is 12.5 Å². The molecule has 184 valence electrons. The van der Waals surface area contributed by atoms with Crippen molar-refractivity contribution in [2.45, 2.75) is 24.8 Å². The molecule has 0 fully saturated rings. The number of esters is 2. The Bertz CT molecular complexity index is 1160. The molecule has 0 aromatic heterocycles. The molecule has 0 amide bonds. The summed E-state index contributed by atoms with van der Waals surface area (Å²) in [6, 6.07) is 7.82. The summed E-state index contributed by atoms with van der Waals surface area (Å²) >= 11 is 0. The fourth-order valence-corrected chi connectivity index (χ4v) is 3.50. The number of rotatable bonds is 10. The van der Waals surface area contributed by atoms with Crippen LogP contribution in [0.5, 0.6) is 5.75 Å². The van der Waals surface area contributed by atoms with E-state index in [2.05, 4.69) is 14.8 Å². The van der Waals surface area contributed by atoms with Crippen molar-refractivity contribution < 1.29 is 45.2 Å². The first-order valence-electron chi connectivity index (χ1n) is 9.74. The standard InChI is InChI=1S/C22H23F2NO8S/c1-13-5-7-15(8-6-13)34(28,29)32-12-14(2)33-20-18(10-9-17(23)19(20)24)25-11-16(21(26)30-3)22(27)31-4/h5-11,14,25H,12H2,1-4H3. The Hall–Kier alpha value is -3.51. The molecule has 0 bridgehead atoms. The van der Waals surface area contributed by atoms with E-state index in [1.54, 1.807) is 19.1 Å². The maximum Gasteiger partial charge on any atom is 0.346 e. The summed E-state index contributed by atoms with van der Waals surface area (Å²) in [7, 11) is -2.04. The molecule has 1 N–H and O–H groups in total. The van der Waals surface area contributed by atoms with Gasteiger partial charge in [-0.2, -0.15) is 12.8 Å². The molecule has 0 aliphatic carbocycles. The molecular formula is C22H23F2NO8S. The topological polar surface area (TPSA) is 117 Å². The molecule has 0 spiro atoms. The van der Waals surface area contributed by atoms with E-state index in [0.717, 1.165) is 38.1 Å². The Morgan fingerprint density at radius 1 is 1.03 bits per heavy atom. The van der Waals surface area contributed by atoms with Crippen LogP contribution in [0, 0.1) is 18.6 Å². The van der Waals surface area contributed by atoms with Crippen molar-refractivity contribution in [3.8, 4) is 5.75 Å². The first-order valence-corrected chi connectivity index (χ1v) is 11.1. The molecule has 0 aliphatic rings. The second kappa shape index (κ2) is 11.6. The van der Waals surface area contributed by atoms with E-state index in [1.807, 2.05) is 0 Å². The van der Waals surface area contributed by atoms with Crippen molar-refractivity contribution >= 4 is 27.7 Å². The number of methoxy groups -OCH3 is 2. The van der Waals surface area contributed by atoms with Gasteiger partial charge in [0.2, 0.25) is 5.82 Å². The highest BCUT2D eigenvalue weighted by atomic mass is 32.2. The zero-order chi connectivity index (χ0) is 25.5. The lowest BCUT2D eigenvalue weighted by Gasteiger charge is -2.18. The van der Waals surface area contributed by atoms with Crippen molar-refractivity contribution in [3.63, 3.8) is 0 Å². The maximum atomic E-state index is 14.5. The van der Waals surface area contributed by atoms with E-state index in [1.165, 1.54) is 19.1 Å². The number of carbonyl (C=O) groups is 2. The van der Waals surface area contributed by atoms with Crippen molar-refractivity contribution in [2.75, 3.05) is 26.1 Å². The fourth-order valence-electron chi connectivity index (χ4n) is 2.53. The minimum Gasteiger partial charge on any atom is -0.483 e. The van der Waals surface area contributed by atoms with E-state index in [9.17, 15) is 26.8 Å². The molecule has 0 radical (unpaired) electrons. The number of aryl methyl sites for hydroxylation is 1. The van der Waals surface area contributed by atoms with Crippen LogP contribution in [0.2, 0.25) is 0 Å². The molecule has 12 heteroatoms. The third-order valence-corrected chi connectivity index (χ3v) is 5.62. The SMILES string of the molecule is COC(=O)C(=CNc1ccc(F)c(F)c1OC(C)COS(=O)(=O)c1ccc(C)cc1)C(=O)OC. The van der Waals surface area contributed by atoms with Gasteiger partial charge in [0.15, 0.2) is 17.1 Å². The number of benzene rings is 2. The molecule has 2 rings (SSSR count). The Morgan fingerprint density at radius 3 is 2.18 bits per heavy atom. The van der Waals surface area contributed by atoms with E-state index in [4.69, 9.17) is 8.92 Å². The molecule has 2 aromatic rings. The number of hydrogen-bond acceptors (Lipinski definition) is 9. The second-order valence-corrected chi connectivity index (χ2v) is 8.52. The van der Waals surface area contributed by atoms with Gasteiger partial charge < -0.3 is 19.5 Å². The van der Waals surface area contributed by atoms with E-state index in [0.29, 0.717) is 0 Å². The summed E-state index contributed by atoms with van der Waals surface area (Å²) in [6.07, 6.45) is -0.179. The van der Waals surface area contributed by atoms with Crippen LogP contribution in [0.25, 0.3) is 0 Å². The van der Waals surface area contributed by atoms with Gasteiger partial charge in [0.05, 0.1) is 24.8 Å². The Labute approximate surface area is 195 Å². The van der Waals surface area contributed by atoms with Crippen molar-refractivity contribution in [2.24, 2.45) is 0 Å². The second-order valence-electron chi connectivity index (χ2n) is 6.90. The summed E-state index contributed by atoms with van der Waals surface area (Å²) in [4.78, 5) is 23.4. The number of anilines is 1. The fraction of sp³-hybridized carbons (Fsp3) is 0.273. The number of nitrogens with one attached hydrogen (secondary N) is 1. The number of halogens is 2. The highest BCUT2D eigenvalue weighted by molar-refractivity contribution is 7.86. The van der Waals surface area contributed by atoms with Crippen molar-refractivity contribution in [1.29, 1.82) is 0 Å². The predicted octanol–water partition coefficient (Wildman–Crippen LogP) is 3.09. The van der Waals surface area contributed by atoms with Crippen LogP contribution in [0.15, 0.2) is 53.1 Å². The van der Waals surface area contributed by atoms with Crippen LogP contribution in [0.3, 0.4) is 0 Å². The van der Waals surface area contributed by atoms with Crippen LogP contribution in [-0.4, -0.2) is 47.3 Å². The zero-order valence-corrected chi connectivity index (χ0v) is 19.6. The lowest BCUT2D eigenvalue weighted by molar-refractivity contribution is -0.144. The van der Waals surface area contributed by atoms with Gasteiger partial charge in [0, 0.05) is 6.20 Å². The van der Waals surface area contributed by atoms with Gasteiger partial charge in [-0.15, -0.1) is 0 Å². The molecule has 2 aromatic carbocycles. The van der Waals surface area contributed by atoms with E-state index in [-0.39, 0.29) is 10.6 Å². The largest absolute Gasteiger partial charge is 0.483 e. The molecule has 0 heterocycles. The highest BCUT2D eigenvalue weighted by Gasteiger charge is 2.23. The molecule has 0 saturated heterocycles. The van der Waals surface area contributed by atoms with E-state index < -0.39 is 57.7 Å². The highest BCUT2D eigenvalue weighted by Crippen LogP contribution is 2.31. The van der Waals surface area contributed by atoms with Crippen molar-refractivity contribution in [3.05, 3.63) is 65.4 Å². The quantitative estimate of drug-likeness (QED) is 0.173. The molecule has 9 nitrogen and oxygen atoms in total.